The van der Waals surface area contributed by atoms with E-state index in [2.05, 4.69) is 10.6 Å². The molecule has 0 bridgehead atoms. The molecule has 0 atom stereocenters. The molecule has 0 amide bonds. The molecule has 2 aromatic carbocycles. The summed E-state index contributed by atoms with van der Waals surface area (Å²) in [5.74, 6) is -2.72. The number of fused-ring (bicyclic) bond motifs is 2. The number of benzene rings is 2. The van der Waals surface area contributed by atoms with Crippen LogP contribution in [0.25, 0.3) is 0 Å². The van der Waals surface area contributed by atoms with Crippen LogP contribution in [-0.4, -0.2) is 53.0 Å². The lowest BCUT2D eigenvalue weighted by Gasteiger charge is -2.23. The number of anilines is 2. The van der Waals surface area contributed by atoms with Crippen LogP contribution in [0.5, 0.6) is 0 Å². The molecule has 0 saturated heterocycles. The van der Waals surface area contributed by atoms with Gasteiger partial charge in [0.1, 0.15) is 0 Å². The van der Waals surface area contributed by atoms with Gasteiger partial charge < -0.3 is 10.6 Å². The molecule has 0 spiro atoms. The molecular formula is C18H16F2N2O6S2. The van der Waals surface area contributed by atoms with Gasteiger partial charge in [-0.25, -0.2) is 0 Å². The fourth-order valence-corrected chi connectivity index (χ4v) is 3.82. The van der Waals surface area contributed by atoms with Gasteiger partial charge in [0.15, 0.2) is 11.6 Å². The normalized spacial score (nSPS) is 13.5. The molecule has 0 fully saturated rings. The number of halogens is 2. The SMILES string of the molecule is O=C1c2ccccc2C(=O)c2c(NCCS(=O)(=O)F)ccc(NCCS(=O)(=O)F)c21. The summed E-state index contributed by atoms with van der Waals surface area (Å²) in [5, 5.41) is 5.29. The molecule has 2 N–H and O–H groups in total. The van der Waals surface area contributed by atoms with E-state index in [0.29, 0.717) is 0 Å². The third-order valence-corrected chi connectivity index (χ3v) is 5.78. The first-order valence-electron chi connectivity index (χ1n) is 8.66. The van der Waals surface area contributed by atoms with Crippen LogP contribution in [0.3, 0.4) is 0 Å². The predicted octanol–water partition coefficient (Wildman–Crippen LogP) is 1.88. The van der Waals surface area contributed by atoms with E-state index in [1.807, 2.05) is 0 Å². The van der Waals surface area contributed by atoms with Gasteiger partial charge in [0.25, 0.3) is 0 Å². The summed E-state index contributed by atoms with van der Waals surface area (Å²) in [6.45, 7) is -0.692. The summed E-state index contributed by atoms with van der Waals surface area (Å²) >= 11 is 0. The van der Waals surface area contributed by atoms with Crippen LogP contribution in [0.2, 0.25) is 0 Å². The lowest BCUT2D eigenvalue weighted by atomic mass is 9.82. The first-order chi connectivity index (χ1) is 14.0. The number of hydrogen-bond donors (Lipinski definition) is 2. The zero-order chi connectivity index (χ0) is 22.1. The van der Waals surface area contributed by atoms with Gasteiger partial charge in [0, 0.05) is 35.6 Å². The zero-order valence-electron chi connectivity index (χ0n) is 15.3. The van der Waals surface area contributed by atoms with Gasteiger partial charge in [-0.15, -0.1) is 7.77 Å². The number of rotatable bonds is 8. The maximum absolute atomic E-state index is 13.1. The Balaban J connectivity index is 2.04. The fraction of sp³-hybridized carbons (Fsp3) is 0.222. The van der Waals surface area contributed by atoms with Gasteiger partial charge in [0.05, 0.1) is 22.6 Å². The van der Waals surface area contributed by atoms with Crippen molar-refractivity contribution in [1.29, 1.82) is 0 Å². The van der Waals surface area contributed by atoms with E-state index < -0.39 is 43.5 Å². The van der Waals surface area contributed by atoms with E-state index in [4.69, 9.17) is 0 Å². The van der Waals surface area contributed by atoms with Gasteiger partial charge in [-0.3, -0.25) is 9.59 Å². The highest BCUT2D eigenvalue weighted by Gasteiger charge is 2.33. The fourth-order valence-electron chi connectivity index (χ4n) is 3.13. The predicted molar refractivity (Wildman–Crippen MR) is 107 cm³/mol. The highest BCUT2D eigenvalue weighted by molar-refractivity contribution is 7.86. The minimum Gasteiger partial charge on any atom is -0.383 e. The first kappa shape index (κ1) is 21.8. The summed E-state index contributed by atoms with van der Waals surface area (Å²) < 4.78 is 68.5. The van der Waals surface area contributed by atoms with E-state index in [0.717, 1.165) is 0 Å². The molecular weight excluding hydrogens is 442 g/mol. The van der Waals surface area contributed by atoms with Crippen LogP contribution in [0.4, 0.5) is 19.1 Å². The van der Waals surface area contributed by atoms with Crippen molar-refractivity contribution >= 4 is 43.4 Å². The number of nitrogens with one attached hydrogen (secondary N) is 2. The molecule has 1 aliphatic carbocycles. The molecule has 12 heteroatoms. The molecule has 2 aromatic rings. The molecule has 160 valence electrons. The molecule has 0 saturated carbocycles. The molecule has 0 aliphatic heterocycles. The lowest BCUT2D eigenvalue weighted by molar-refractivity contribution is 0.0980. The zero-order valence-corrected chi connectivity index (χ0v) is 16.9. The summed E-state index contributed by atoms with van der Waals surface area (Å²) in [6, 6.07) is 8.82. The van der Waals surface area contributed by atoms with Crippen LogP contribution in [0.15, 0.2) is 36.4 Å². The monoisotopic (exact) mass is 458 g/mol. The molecule has 0 aromatic heterocycles. The topological polar surface area (TPSA) is 126 Å². The Morgan fingerprint density at radius 3 is 1.37 bits per heavy atom. The van der Waals surface area contributed by atoms with Crippen molar-refractivity contribution in [3.8, 4) is 0 Å². The maximum atomic E-state index is 13.1. The standard InChI is InChI=1S/C18H16F2N2O6S2/c19-29(25,26)9-7-21-13-5-6-14(22-8-10-30(20,27)28)16-15(13)17(23)11-3-1-2-4-12(11)18(16)24/h1-6,21-22H,7-10H2. The smallest absolute Gasteiger partial charge is 0.304 e. The second kappa shape index (κ2) is 8.11. The molecule has 8 nitrogen and oxygen atoms in total. The molecule has 0 radical (unpaired) electrons. The van der Waals surface area contributed by atoms with Gasteiger partial charge in [-0.2, -0.15) is 16.8 Å². The third kappa shape index (κ3) is 4.82. The van der Waals surface area contributed by atoms with Crippen LogP contribution in [0, 0.1) is 0 Å². The van der Waals surface area contributed by atoms with Crippen molar-refractivity contribution in [2.75, 3.05) is 35.2 Å². The van der Waals surface area contributed by atoms with E-state index in [1.54, 1.807) is 12.1 Å². The first-order valence-corrected chi connectivity index (χ1v) is 11.8. The van der Waals surface area contributed by atoms with Crippen LogP contribution < -0.4 is 10.6 Å². The molecule has 1 aliphatic rings. The number of ketones is 2. The Morgan fingerprint density at radius 2 is 1.03 bits per heavy atom. The van der Waals surface area contributed by atoms with Gasteiger partial charge >= 0.3 is 20.4 Å². The number of hydrogen-bond acceptors (Lipinski definition) is 8. The molecule has 30 heavy (non-hydrogen) atoms. The van der Waals surface area contributed by atoms with Crippen molar-refractivity contribution in [3.05, 3.63) is 58.7 Å². The minimum atomic E-state index is -4.74. The van der Waals surface area contributed by atoms with Crippen LogP contribution in [-0.2, 0) is 20.4 Å². The minimum absolute atomic E-state index is 0.0666. The van der Waals surface area contributed by atoms with Gasteiger partial charge in [-0.05, 0) is 12.1 Å². The third-order valence-electron chi connectivity index (χ3n) is 4.40. The van der Waals surface area contributed by atoms with E-state index in [1.165, 1.54) is 24.3 Å². The van der Waals surface area contributed by atoms with E-state index >= 15 is 0 Å². The molecule has 0 unspecified atom stereocenters. The van der Waals surface area contributed by atoms with Crippen molar-refractivity contribution < 1.29 is 34.2 Å². The Bertz CT molecular complexity index is 1150. The van der Waals surface area contributed by atoms with Gasteiger partial charge in [-0.1, -0.05) is 24.3 Å². The number of carbonyl (C=O) groups excluding carboxylic acids is 2. The summed E-state index contributed by atoms with van der Waals surface area (Å²) in [4.78, 5) is 26.1. The Labute approximate surface area is 171 Å². The van der Waals surface area contributed by atoms with Gasteiger partial charge in [0.2, 0.25) is 0 Å². The van der Waals surface area contributed by atoms with E-state index in [9.17, 15) is 34.2 Å². The Hall–Kier alpha value is -2.86. The largest absolute Gasteiger partial charge is 0.383 e. The molecule has 0 heterocycles. The van der Waals surface area contributed by atoms with E-state index in [-0.39, 0.29) is 46.7 Å². The second-order valence-electron chi connectivity index (χ2n) is 6.45. The van der Waals surface area contributed by atoms with Crippen molar-refractivity contribution in [1.82, 2.24) is 0 Å². The summed E-state index contributed by atoms with van der Waals surface area (Å²) in [7, 11) is -9.48. The second-order valence-corrected chi connectivity index (χ2v) is 9.43. The van der Waals surface area contributed by atoms with Crippen molar-refractivity contribution in [3.63, 3.8) is 0 Å². The number of carbonyl (C=O) groups is 2. The maximum Gasteiger partial charge on any atom is 0.304 e. The van der Waals surface area contributed by atoms with Crippen molar-refractivity contribution in [2.24, 2.45) is 0 Å². The average molecular weight is 458 g/mol. The Kier molecular flexibility index (Phi) is 5.90. The summed E-state index contributed by atoms with van der Waals surface area (Å²) in [6.07, 6.45) is 0. The van der Waals surface area contributed by atoms with Crippen LogP contribution >= 0.6 is 0 Å². The summed E-state index contributed by atoms with van der Waals surface area (Å²) in [5.41, 5.74) is 0.376. The Morgan fingerprint density at radius 1 is 0.667 bits per heavy atom. The highest BCUT2D eigenvalue weighted by atomic mass is 32.3. The highest BCUT2D eigenvalue weighted by Crippen LogP contribution is 2.36. The molecule has 3 rings (SSSR count). The lowest BCUT2D eigenvalue weighted by Crippen LogP contribution is -2.25. The van der Waals surface area contributed by atoms with Crippen LogP contribution in [0.1, 0.15) is 31.8 Å². The average Bonchev–Trinajstić information content (AvgIpc) is 2.64. The van der Waals surface area contributed by atoms with Crippen molar-refractivity contribution in [2.45, 2.75) is 0 Å². The quantitative estimate of drug-likeness (QED) is 0.490.